The van der Waals surface area contributed by atoms with Crippen LogP contribution >= 0.6 is 0 Å². The molecule has 0 unspecified atom stereocenters. The molecule has 1 saturated heterocycles. The van der Waals surface area contributed by atoms with E-state index >= 15 is 0 Å². The van der Waals surface area contributed by atoms with E-state index in [2.05, 4.69) is 34.3 Å². The van der Waals surface area contributed by atoms with E-state index in [-0.39, 0.29) is 17.6 Å². The third-order valence-corrected chi connectivity index (χ3v) is 4.37. The molecule has 0 radical (unpaired) electrons. The van der Waals surface area contributed by atoms with E-state index in [4.69, 9.17) is 0 Å². The van der Waals surface area contributed by atoms with Crippen molar-refractivity contribution >= 4 is 17.5 Å². The first kappa shape index (κ1) is 20.3. The van der Waals surface area contributed by atoms with Crippen LogP contribution in [-0.4, -0.2) is 67.4 Å². The summed E-state index contributed by atoms with van der Waals surface area (Å²) < 4.78 is 12.9. The highest BCUT2D eigenvalue weighted by Crippen LogP contribution is 2.09. The number of carbonyl (C=O) groups is 2. The Hall–Kier alpha value is -1.99. The Balaban J connectivity index is 1.64. The van der Waals surface area contributed by atoms with Gasteiger partial charge < -0.3 is 10.6 Å². The Bertz CT molecular complexity index is 584. The number of anilines is 1. The molecule has 1 aromatic rings. The first-order chi connectivity index (χ1) is 12.4. The maximum atomic E-state index is 12.9. The van der Waals surface area contributed by atoms with Crippen LogP contribution in [-0.2, 0) is 9.59 Å². The van der Waals surface area contributed by atoms with Crippen LogP contribution < -0.4 is 10.6 Å². The summed E-state index contributed by atoms with van der Waals surface area (Å²) in [6.07, 6.45) is 0.989. The minimum absolute atomic E-state index is 0.0631. The van der Waals surface area contributed by atoms with Crippen molar-refractivity contribution in [2.75, 3.05) is 51.1 Å². The van der Waals surface area contributed by atoms with Gasteiger partial charge in [0.25, 0.3) is 0 Å². The zero-order chi connectivity index (χ0) is 18.9. The summed E-state index contributed by atoms with van der Waals surface area (Å²) in [6.45, 7) is 8.73. The normalized spacial score (nSPS) is 15.8. The molecule has 0 atom stereocenters. The van der Waals surface area contributed by atoms with Crippen LogP contribution in [0.4, 0.5) is 10.1 Å². The average molecular weight is 364 g/mol. The van der Waals surface area contributed by atoms with Crippen molar-refractivity contribution in [2.24, 2.45) is 5.92 Å². The van der Waals surface area contributed by atoms with Crippen LogP contribution in [0.3, 0.4) is 0 Å². The second-order valence-corrected chi connectivity index (χ2v) is 7.14. The number of hydrogen-bond donors (Lipinski definition) is 2. The molecule has 6 nitrogen and oxygen atoms in total. The molecule has 1 aliphatic rings. The molecular formula is C19H29FN4O2. The molecule has 2 rings (SSSR count). The third kappa shape index (κ3) is 7.49. The predicted octanol–water partition coefficient (Wildman–Crippen LogP) is 1.54. The molecule has 0 bridgehead atoms. The molecule has 26 heavy (non-hydrogen) atoms. The van der Waals surface area contributed by atoms with E-state index in [0.717, 1.165) is 39.1 Å². The number of nitrogens with one attached hydrogen (secondary N) is 2. The monoisotopic (exact) mass is 364 g/mol. The summed E-state index contributed by atoms with van der Waals surface area (Å²) >= 11 is 0. The lowest BCUT2D eigenvalue weighted by Gasteiger charge is -2.33. The van der Waals surface area contributed by atoms with Gasteiger partial charge in [-0.3, -0.25) is 19.4 Å². The zero-order valence-corrected chi connectivity index (χ0v) is 15.6. The third-order valence-electron chi connectivity index (χ3n) is 4.37. The first-order valence-electron chi connectivity index (χ1n) is 9.19. The summed E-state index contributed by atoms with van der Waals surface area (Å²) in [7, 11) is 0. The van der Waals surface area contributed by atoms with Gasteiger partial charge in [0, 0.05) is 38.4 Å². The minimum atomic E-state index is -0.327. The molecule has 0 spiro atoms. The van der Waals surface area contributed by atoms with Crippen molar-refractivity contribution in [2.45, 2.75) is 20.3 Å². The average Bonchev–Trinajstić information content (AvgIpc) is 2.58. The largest absolute Gasteiger partial charge is 0.355 e. The first-order valence-corrected chi connectivity index (χ1v) is 9.19. The second-order valence-electron chi connectivity index (χ2n) is 7.14. The predicted molar refractivity (Wildman–Crippen MR) is 100 cm³/mol. The maximum Gasteiger partial charge on any atom is 0.238 e. The summed E-state index contributed by atoms with van der Waals surface area (Å²) in [5.74, 6) is 0.205. The van der Waals surface area contributed by atoms with Gasteiger partial charge in [-0.15, -0.1) is 0 Å². The highest BCUT2D eigenvalue weighted by Gasteiger charge is 2.20. The Morgan fingerprint density at radius 2 is 1.54 bits per heavy atom. The topological polar surface area (TPSA) is 64.7 Å². The van der Waals surface area contributed by atoms with Crippen molar-refractivity contribution in [3.63, 3.8) is 0 Å². The van der Waals surface area contributed by atoms with Crippen molar-refractivity contribution in [3.05, 3.63) is 30.1 Å². The number of hydrogen-bond acceptors (Lipinski definition) is 4. The van der Waals surface area contributed by atoms with Gasteiger partial charge in [-0.05, 0) is 36.6 Å². The fourth-order valence-corrected chi connectivity index (χ4v) is 2.80. The SMILES string of the molecule is CC(C)CCNC(=O)CN1CCN(CC(=O)Nc2ccc(F)cc2)CC1. The lowest BCUT2D eigenvalue weighted by molar-refractivity contribution is -0.123. The van der Waals surface area contributed by atoms with Crippen molar-refractivity contribution in [1.29, 1.82) is 0 Å². The molecule has 0 aliphatic carbocycles. The molecule has 1 fully saturated rings. The number of rotatable bonds is 8. The van der Waals surface area contributed by atoms with Gasteiger partial charge in [0.1, 0.15) is 5.82 Å². The summed E-state index contributed by atoms with van der Waals surface area (Å²) in [6, 6.07) is 5.73. The van der Waals surface area contributed by atoms with Crippen molar-refractivity contribution in [1.82, 2.24) is 15.1 Å². The lowest BCUT2D eigenvalue weighted by Crippen LogP contribution is -2.51. The standard InChI is InChI=1S/C19H29FN4O2/c1-15(2)7-8-21-18(25)13-23-9-11-24(12-10-23)14-19(26)22-17-5-3-16(20)4-6-17/h3-6,15H,7-14H2,1-2H3,(H,21,25)(H,22,26). The highest BCUT2D eigenvalue weighted by atomic mass is 19.1. The highest BCUT2D eigenvalue weighted by molar-refractivity contribution is 5.92. The van der Waals surface area contributed by atoms with E-state index in [1.165, 1.54) is 12.1 Å². The Kier molecular flexibility index (Phi) is 8.00. The molecule has 1 aliphatic heterocycles. The Labute approximate surface area is 154 Å². The molecule has 1 heterocycles. The van der Waals surface area contributed by atoms with E-state index in [1.54, 1.807) is 12.1 Å². The molecule has 0 saturated carbocycles. The Morgan fingerprint density at radius 1 is 1.00 bits per heavy atom. The molecule has 2 amide bonds. The molecule has 2 N–H and O–H groups in total. The quantitative estimate of drug-likeness (QED) is 0.735. The number of amides is 2. The smallest absolute Gasteiger partial charge is 0.238 e. The van der Waals surface area contributed by atoms with Gasteiger partial charge in [0.15, 0.2) is 0 Å². The number of halogens is 1. The zero-order valence-electron chi connectivity index (χ0n) is 15.6. The van der Waals surface area contributed by atoms with E-state index in [1.807, 2.05) is 0 Å². The van der Waals surface area contributed by atoms with E-state index in [0.29, 0.717) is 24.7 Å². The van der Waals surface area contributed by atoms with Crippen LogP contribution in [0.2, 0.25) is 0 Å². The van der Waals surface area contributed by atoms with Crippen LogP contribution in [0.5, 0.6) is 0 Å². The number of carbonyl (C=O) groups excluding carboxylic acids is 2. The second kappa shape index (κ2) is 10.2. The molecule has 144 valence electrons. The molecular weight excluding hydrogens is 335 g/mol. The van der Waals surface area contributed by atoms with E-state index in [9.17, 15) is 14.0 Å². The summed E-state index contributed by atoms with van der Waals surface area (Å²) in [5, 5.41) is 5.72. The minimum Gasteiger partial charge on any atom is -0.355 e. The van der Waals surface area contributed by atoms with E-state index < -0.39 is 0 Å². The van der Waals surface area contributed by atoms with Gasteiger partial charge in [-0.1, -0.05) is 13.8 Å². The van der Waals surface area contributed by atoms with Crippen LogP contribution in [0.15, 0.2) is 24.3 Å². The summed E-state index contributed by atoms with van der Waals surface area (Å²) in [5.41, 5.74) is 0.591. The number of benzene rings is 1. The fraction of sp³-hybridized carbons (Fsp3) is 0.579. The van der Waals surface area contributed by atoms with Gasteiger partial charge >= 0.3 is 0 Å². The maximum absolute atomic E-state index is 12.9. The van der Waals surface area contributed by atoms with Gasteiger partial charge in [0.05, 0.1) is 13.1 Å². The van der Waals surface area contributed by atoms with Crippen molar-refractivity contribution < 1.29 is 14.0 Å². The van der Waals surface area contributed by atoms with Gasteiger partial charge in [-0.25, -0.2) is 4.39 Å². The number of nitrogens with zero attached hydrogens (tertiary/aromatic N) is 2. The Morgan fingerprint density at radius 3 is 2.08 bits per heavy atom. The van der Waals surface area contributed by atoms with Crippen LogP contribution in [0.1, 0.15) is 20.3 Å². The number of piperazine rings is 1. The molecule has 0 aromatic heterocycles. The van der Waals surface area contributed by atoms with Gasteiger partial charge in [-0.2, -0.15) is 0 Å². The molecule has 1 aromatic carbocycles. The van der Waals surface area contributed by atoms with Crippen LogP contribution in [0, 0.1) is 11.7 Å². The van der Waals surface area contributed by atoms with Crippen LogP contribution in [0.25, 0.3) is 0 Å². The summed E-state index contributed by atoms with van der Waals surface area (Å²) in [4.78, 5) is 28.2. The van der Waals surface area contributed by atoms with Crippen molar-refractivity contribution in [3.8, 4) is 0 Å². The van der Waals surface area contributed by atoms with Gasteiger partial charge in [0.2, 0.25) is 11.8 Å². The lowest BCUT2D eigenvalue weighted by atomic mass is 10.1. The molecule has 7 heteroatoms. The fourth-order valence-electron chi connectivity index (χ4n) is 2.80.